The lowest BCUT2D eigenvalue weighted by molar-refractivity contribution is 1.06. The summed E-state index contributed by atoms with van der Waals surface area (Å²) in [6.07, 6.45) is 1.57. The second-order valence-corrected chi connectivity index (χ2v) is 4.83. The van der Waals surface area contributed by atoms with E-state index in [1.165, 1.54) is 11.8 Å². The Labute approximate surface area is 113 Å². The highest BCUT2D eigenvalue weighted by Crippen LogP contribution is 2.30. The van der Waals surface area contributed by atoms with Gasteiger partial charge in [-0.25, -0.2) is 9.97 Å². The molecule has 2 heterocycles. The number of pyridine rings is 1. The number of fused-ring (bicyclic) bond motifs is 1. The molecule has 0 aliphatic heterocycles. The van der Waals surface area contributed by atoms with Crippen molar-refractivity contribution in [2.24, 2.45) is 0 Å². The molecule has 0 spiro atoms. The predicted octanol–water partition coefficient (Wildman–Crippen LogP) is 2.56. The average Bonchev–Trinajstić information content (AvgIpc) is 2.83. The minimum Gasteiger partial charge on any atom is -0.395 e. The van der Waals surface area contributed by atoms with E-state index in [9.17, 15) is 0 Å². The number of nitrogen functional groups attached to an aromatic ring is 1. The molecule has 6 heteroatoms. The van der Waals surface area contributed by atoms with Crippen LogP contribution >= 0.6 is 11.8 Å². The molecule has 0 saturated heterocycles. The van der Waals surface area contributed by atoms with Crippen LogP contribution in [0.3, 0.4) is 0 Å². The maximum Gasteiger partial charge on any atom is 0.172 e. The Kier molecular flexibility index (Phi) is 2.82. The van der Waals surface area contributed by atoms with Crippen LogP contribution in [0.25, 0.3) is 11.0 Å². The van der Waals surface area contributed by atoms with Gasteiger partial charge in [0.1, 0.15) is 11.1 Å². The van der Waals surface area contributed by atoms with E-state index in [-0.39, 0.29) is 0 Å². The number of hydrogen-bond acceptors (Lipinski definition) is 5. The molecule has 1 aromatic carbocycles. The van der Waals surface area contributed by atoms with Crippen molar-refractivity contribution in [3.05, 3.63) is 42.1 Å². The number of benzene rings is 1. The second kappa shape index (κ2) is 4.63. The molecule has 2 aromatic heterocycles. The lowest BCUT2D eigenvalue weighted by atomic mass is 10.2. The van der Waals surface area contributed by atoms with Gasteiger partial charge in [0.05, 0.1) is 22.3 Å². The predicted molar refractivity (Wildman–Crippen MR) is 73.6 cm³/mol. The van der Waals surface area contributed by atoms with Crippen LogP contribution in [0.5, 0.6) is 0 Å². The third kappa shape index (κ3) is 2.11. The first-order chi connectivity index (χ1) is 9.28. The van der Waals surface area contributed by atoms with Gasteiger partial charge in [0.2, 0.25) is 0 Å². The molecular formula is C13H9N5S. The number of anilines is 1. The Bertz CT molecular complexity index is 754. The molecule has 0 unspecified atom stereocenters. The van der Waals surface area contributed by atoms with Crippen molar-refractivity contribution in [2.45, 2.75) is 10.2 Å². The first-order valence-electron chi connectivity index (χ1n) is 5.55. The van der Waals surface area contributed by atoms with Crippen molar-refractivity contribution in [1.29, 1.82) is 5.26 Å². The second-order valence-electron chi connectivity index (χ2n) is 3.85. The van der Waals surface area contributed by atoms with E-state index in [1.807, 2.05) is 30.3 Å². The summed E-state index contributed by atoms with van der Waals surface area (Å²) < 4.78 is 0. The van der Waals surface area contributed by atoms with Crippen LogP contribution in [0, 0.1) is 11.3 Å². The van der Waals surface area contributed by atoms with Crippen LogP contribution in [-0.2, 0) is 0 Å². The maximum absolute atomic E-state index is 8.93. The van der Waals surface area contributed by atoms with E-state index in [2.05, 4.69) is 15.0 Å². The third-order valence-corrected chi connectivity index (χ3v) is 3.54. The quantitative estimate of drug-likeness (QED) is 0.744. The minimum atomic E-state index is 0.385. The highest BCUT2D eigenvalue weighted by atomic mass is 32.2. The van der Waals surface area contributed by atoms with Gasteiger partial charge < -0.3 is 10.7 Å². The first-order valence-corrected chi connectivity index (χ1v) is 6.37. The normalized spacial score (nSPS) is 10.5. The Morgan fingerprint density at radius 1 is 1.26 bits per heavy atom. The molecular weight excluding hydrogens is 258 g/mol. The fraction of sp³-hybridized carbons (Fsp3) is 0. The molecule has 3 N–H and O–H groups in total. The fourth-order valence-corrected chi connectivity index (χ4v) is 2.52. The summed E-state index contributed by atoms with van der Waals surface area (Å²) in [5.41, 5.74) is 8.54. The van der Waals surface area contributed by atoms with Crippen LogP contribution in [-0.4, -0.2) is 15.0 Å². The number of aromatic nitrogens is 3. The molecule has 19 heavy (non-hydrogen) atoms. The summed E-state index contributed by atoms with van der Waals surface area (Å²) in [6, 6.07) is 11.4. The van der Waals surface area contributed by atoms with E-state index in [0.717, 1.165) is 11.0 Å². The van der Waals surface area contributed by atoms with Gasteiger partial charge >= 0.3 is 0 Å². The number of H-pyrrole nitrogens is 1. The largest absolute Gasteiger partial charge is 0.395 e. The number of para-hydroxylation sites is 2. The van der Waals surface area contributed by atoms with Crippen LogP contribution in [0.4, 0.5) is 5.69 Å². The summed E-state index contributed by atoms with van der Waals surface area (Å²) in [4.78, 5) is 11.8. The van der Waals surface area contributed by atoms with E-state index in [0.29, 0.717) is 21.4 Å². The monoisotopic (exact) mass is 267 g/mol. The maximum atomic E-state index is 8.93. The van der Waals surface area contributed by atoms with Gasteiger partial charge in [-0.05, 0) is 30.0 Å². The van der Waals surface area contributed by atoms with Gasteiger partial charge in [-0.3, -0.25) is 0 Å². The number of nitriles is 1. The van der Waals surface area contributed by atoms with Gasteiger partial charge in [-0.2, -0.15) is 5.26 Å². The summed E-state index contributed by atoms with van der Waals surface area (Å²) in [6.45, 7) is 0. The highest BCUT2D eigenvalue weighted by Gasteiger charge is 2.10. The van der Waals surface area contributed by atoms with Crippen molar-refractivity contribution >= 4 is 28.5 Å². The Hall–Kier alpha value is -2.52. The van der Waals surface area contributed by atoms with E-state index in [4.69, 9.17) is 11.0 Å². The van der Waals surface area contributed by atoms with Crippen LogP contribution < -0.4 is 5.73 Å². The lowest BCUT2D eigenvalue weighted by Crippen LogP contribution is -1.95. The Morgan fingerprint density at radius 2 is 2.11 bits per heavy atom. The lowest BCUT2D eigenvalue weighted by Gasteiger charge is -2.02. The Balaban J connectivity index is 1.99. The third-order valence-electron chi connectivity index (χ3n) is 2.64. The molecule has 0 aliphatic carbocycles. The van der Waals surface area contributed by atoms with Crippen LogP contribution in [0.1, 0.15) is 5.56 Å². The summed E-state index contributed by atoms with van der Waals surface area (Å²) in [7, 11) is 0. The minimum absolute atomic E-state index is 0.385. The van der Waals surface area contributed by atoms with Gasteiger partial charge in [0, 0.05) is 6.20 Å². The van der Waals surface area contributed by atoms with E-state index < -0.39 is 0 Å². The molecule has 5 nitrogen and oxygen atoms in total. The van der Waals surface area contributed by atoms with Crippen molar-refractivity contribution < 1.29 is 0 Å². The SMILES string of the molecule is N#Cc1ccnc(Sc2nc3ccccc3[nH]2)c1N. The number of hydrogen-bond donors (Lipinski definition) is 2. The van der Waals surface area contributed by atoms with Crippen molar-refractivity contribution in [1.82, 2.24) is 15.0 Å². The van der Waals surface area contributed by atoms with Crippen molar-refractivity contribution in [3.63, 3.8) is 0 Å². The summed E-state index contributed by atoms with van der Waals surface area (Å²) >= 11 is 1.32. The zero-order valence-corrected chi connectivity index (χ0v) is 10.6. The molecule has 0 amide bonds. The van der Waals surface area contributed by atoms with Gasteiger partial charge in [-0.1, -0.05) is 12.1 Å². The van der Waals surface area contributed by atoms with E-state index in [1.54, 1.807) is 12.3 Å². The fourth-order valence-electron chi connectivity index (χ4n) is 1.70. The number of rotatable bonds is 2. The standard InChI is InChI=1S/C13H9N5S/c14-7-8-5-6-16-12(11(8)15)19-13-17-9-3-1-2-4-10(9)18-13/h1-6H,15H2,(H,17,18). The zero-order chi connectivity index (χ0) is 13.2. The summed E-state index contributed by atoms with van der Waals surface area (Å²) in [5, 5.41) is 10.2. The van der Waals surface area contributed by atoms with Crippen molar-refractivity contribution in [2.75, 3.05) is 5.73 Å². The number of aromatic amines is 1. The molecule has 3 rings (SSSR count). The molecule has 0 bridgehead atoms. The number of nitrogens with one attached hydrogen (secondary N) is 1. The van der Waals surface area contributed by atoms with E-state index >= 15 is 0 Å². The van der Waals surface area contributed by atoms with Crippen LogP contribution in [0.2, 0.25) is 0 Å². The van der Waals surface area contributed by atoms with Crippen molar-refractivity contribution in [3.8, 4) is 6.07 Å². The number of nitrogens with zero attached hydrogens (tertiary/aromatic N) is 3. The number of imidazole rings is 1. The highest BCUT2D eigenvalue weighted by molar-refractivity contribution is 7.99. The molecule has 0 radical (unpaired) electrons. The van der Waals surface area contributed by atoms with Gasteiger partial charge in [-0.15, -0.1) is 0 Å². The van der Waals surface area contributed by atoms with Crippen LogP contribution in [0.15, 0.2) is 46.7 Å². The first kappa shape index (κ1) is 11.6. The zero-order valence-electron chi connectivity index (χ0n) is 9.79. The smallest absolute Gasteiger partial charge is 0.172 e. The molecule has 3 aromatic rings. The van der Waals surface area contributed by atoms with Gasteiger partial charge in [0.15, 0.2) is 5.16 Å². The molecule has 0 saturated carbocycles. The number of nitrogens with two attached hydrogens (primary N) is 1. The summed E-state index contributed by atoms with van der Waals surface area (Å²) in [5.74, 6) is 0. The molecule has 0 atom stereocenters. The average molecular weight is 267 g/mol. The molecule has 0 aliphatic rings. The Morgan fingerprint density at radius 3 is 2.89 bits per heavy atom. The molecule has 0 fully saturated rings. The topological polar surface area (TPSA) is 91.4 Å². The van der Waals surface area contributed by atoms with Gasteiger partial charge in [0.25, 0.3) is 0 Å². The molecule has 92 valence electrons.